The summed E-state index contributed by atoms with van der Waals surface area (Å²) in [5.74, 6) is 1.49. The molecule has 23 heavy (non-hydrogen) atoms. The second-order valence-corrected chi connectivity index (χ2v) is 5.73. The lowest BCUT2D eigenvalue weighted by Crippen LogP contribution is -2.16. The molecule has 3 heterocycles. The minimum atomic E-state index is -0.352. The molecule has 0 radical (unpaired) electrons. The zero-order valence-electron chi connectivity index (χ0n) is 12.5. The van der Waals surface area contributed by atoms with Crippen LogP contribution in [0.5, 0.6) is 5.88 Å². The molecule has 1 aromatic carbocycles. The van der Waals surface area contributed by atoms with Gasteiger partial charge in [-0.05, 0) is 30.5 Å². The van der Waals surface area contributed by atoms with E-state index in [1.165, 1.54) is 0 Å². The second-order valence-electron chi connectivity index (χ2n) is 5.73. The van der Waals surface area contributed by atoms with Gasteiger partial charge < -0.3 is 10.1 Å². The van der Waals surface area contributed by atoms with Crippen molar-refractivity contribution < 1.29 is 4.74 Å². The molecule has 0 amide bonds. The predicted octanol–water partition coefficient (Wildman–Crippen LogP) is 1.30. The molecule has 1 saturated heterocycles. The number of benzene rings is 1. The average molecular weight is 311 g/mol. The molecule has 0 spiro atoms. The number of H-pyrrole nitrogens is 2. The number of ether oxygens (including phenoxy) is 1. The quantitative estimate of drug-likeness (QED) is 0.675. The Hall–Kier alpha value is -2.67. The Kier molecular flexibility index (Phi) is 3.55. The SMILES string of the molecule is O=c1[nH]nc(-c2cc3ccccc3c(OC[C@@H]3CCNC3)n2)[nH]1. The van der Waals surface area contributed by atoms with Gasteiger partial charge in [0.05, 0.1) is 6.61 Å². The van der Waals surface area contributed by atoms with Gasteiger partial charge in [-0.3, -0.25) is 4.98 Å². The number of hydrogen-bond acceptors (Lipinski definition) is 5. The maximum absolute atomic E-state index is 11.3. The van der Waals surface area contributed by atoms with Crippen LogP contribution < -0.4 is 15.7 Å². The van der Waals surface area contributed by atoms with Crippen molar-refractivity contribution in [3.05, 3.63) is 40.8 Å². The van der Waals surface area contributed by atoms with Crippen molar-refractivity contribution in [3.8, 4) is 17.4 Å². The number of fused-ring (bicyclic) bond motifs is 1. The molecule has 1 aliphatic heterocycles. The fourth-order valence-corrected chi connectivity index (χ4v) is 2.84. The number of pyridine rings is 1. The number of nitrogens with one attached hydrogen (secondary N) is 3. The summed E-state index contributed by atoms with van der Waals surface area (Å²) in [5, 5.41) is 11.6. The molecule has 0 aliphatic carbocycles. The largest absolute Gasteiger partial charge is 0.477 e. The zero-order chi connectivity index (χ0) is 15.6. The van der Waals surface area contributed by atoms with Crippen LogP contribution >= 0.6 is 0 Å². The Balaban J connectivity index is 1.72. The van der Waals surface area contributed by atoms with Crippen LogP contribution in [0.3, 0.4) is 0 Å². The van der Waals surface area contributed by atoms with Gasteiger partial charge in [0, 0.05) is 17.8 Å². The predicted molar refractivity (Wildman–Crippen MR) is 86.4 cm³/mol. The number of rotatable bonds is 4. The summed E-state index contributed by atoms with van der Waals surface area (Å²) >= 11 is 0. The van der Waals surface area contributed by atoms with E-state index in [1.807, 2.05) is 30.3 Å². The van der Waals surface area contributed by atoms with E-state index in [0.29, 0.717) is 29.9 Å². The molecule has 7 heteroatoms. The van der Waals surface area contributed by atoms with Crippen molar-refractivity contribution in [1.82, 2.24) is 25.5 Å². The Labute approximate surface area is 132 Å². The summed E-state index contributed by atoms with van der Waals surface area (Å²) in [5.41, 5.74) is 0.232. The lowest BCUT2D eigenvalue weighted by atomic mass is 10.1. The van der Waals surface area contributed by atoms with Crippen LogP contribution in [-0.4, -0.2) is 39.9 Å². The highest BCUT2D eigenvalue weighted by molar-refractivity contribution is 5.89. The zero-order valence-corrected chi connectivity index (χ0v) is 12.5. The molecule has 2 aromatic heterocycles. The Morgan fingerprint density at radius 3 is 3.00 bits per heavy atom. The molecular weight excluding hydrogens is 294 g/mol. The van der Waals surface area contributed by atoms with Crippen LogP contribution in [0.25, 0.3) is 22.3 Å². The molecule has 0 saturated carbocycles. The first-order chi connectivity index (χ1) is 11.3. The summed E-state index contributed by atoms with van der Waals surface area (Å²) in [7, 11) is 0. The lowest BCUT2D eigenvalue weighted by molar-refractivity contribution is 0.254. The van der Waals surface area contributed by atoms with Gasteiger partial charge in [-0.2, -0.15) is 5.10 Å². The van der Waals surface area contributed by atoms with Crippen molar-refractivity contribution in [2.24, 2.45) is 5.92 Å². The van der Waals surface area contributed by atoms with Crippen molar-refractivity contribution in [1.29, 1.82) is 0 Å². The Morgan fingerprint density at radius 1 is 1.30 bits per heavy atom. The summed E-state index contributed by atoms with van der Waals surface area (Å²) < 4.78 is 5.99. The number of hydrogen-bond donors (Lipinski definition) is 3. The van der Waals surface area contributed by atoms with Crippen molar-refractivity contribution in [2.75, 3.05) is 19.7 Å². The van der Waals surface area contributed by atoms with E-state index in [1.54, 1.807) is 0 Å². The highest BCUT2D eigenvalue weighted by Crippen LogP contribution is 2.28. The van der Waals surface area contributed by atoms with Gasteiger partial charge >= 0.3 is 5.69 Å². The summed E-state index contributed by atoms with van der Waals surface area (Å²) in [4.78, 5) is 18.5. The van der Waals surface area contributed by atoms with Crippen LogP contribution in [0.15, 0.2) is 35.1 Å². The third kappa shape index (κ3) is 2.83. The van der Waals surface area contributed by atoms with Gasteiger partial charge in [0.2, 0.25) is 5.88 Å². The first kappa shape index (κ1) is 14.0. The molecule has 3 N–H and O–H groups in total. The maximum atomic E-state index is 11.3. The van der Waals surface area contributed by atoms with Gasteiger partial charge in [0.1, 0.15) is 5.69 Å². The highest BCUT2D eigenvalue weighted by atomic mass is 16.5. The van der Waals surface area contributed by atoms with Gasteiger partial charge in [-0.25, -0.2) is 14.9 Å². The molecule has 1 atom stereocenters. The van der Waals surface area contributed by atoms with E-state index >= 15 is 0 Å². The summed E-state index contributed by atoms with van der Waals surface area (Å²) in [6, 6.07) is 9.80. The molecule has 3 aromatic rings. The van der Waals surface area contributed by atoms with Crippen LogP contribution in [-0.2, 0) is 0 Å². The van der Waals surface area contributed by atoms with E-state index in [4.69, 9.17) is 4.74 Å². The number of aromatic amines is 2. The molecule has 7 nitrogen and oxygen atoms in total. The fourth-order valence-electron chi connectivity index (χ4n) is 2.84. The van der Waals surface area contributed by atoms with Gasteiger partial charge in [-0.1, -0.05) is 18.2 Å². The smallest absolute Gasteiger partial charge is 0.340 e. The van der Waals surface area contributed by atoms with Gasteiger partial charge in [0.15, 0.2) is 5.82 Å². The average Bonchev–Trinajstić information content (AvgIpc) is 3.24. The fraction of sp³-hybridized carbons (Fsp3) is 0.312. The minimum absolute atomic E-state index is 0.352. The van der Waals surface area contributed by atoms with Gasteiger partial charge in [-0.15, -0.1) is 0 Å². The monoisotopic (exact) mass is 311 g/mol. The summed E-state index contributed by atoms with van der Waals surface area (Å²) in [6.45, 7) is 2.64. The van der Waals surface area contributed by atoms with Crippen LogP contribution in [0.4, 0.5) is 0 Å². The minimum Gasteiger partial charge on any atom is -0.477 e. The Morgan fingerprint density at radius 2 is 2.22 bits per heavy atom. The first-order valence-electron chi connectivity index (χ1n) is 7.68. The van der Waals surface area contributed by atoms with Crippen molar-refractivity contribution in [3.63, 3.8) is 0 Å². The highest BCUT2D eigenvalue weighted by Gasteiger charge is 2.17. The first-order valence-corrected chi connectivity index (χ1v) is 7.68. The van der Waals surface area contributed by atoms with Crippen LogP contribution in [0.2, 0.25) is 0 Å². The lowest BCUT2D eigenvalue weighted by Gasteiger charge is -2.13. The van der Waals surface area contributed by atoms with E-state index in [-0.39, 0.29) is 5.69 Å². The molecule has 1 aliphatic rings. The molecule has 118 valence electrons. The maximum Gasteiger partial charge on any atom is 0.340 e. The van der Waals surface area contributed by atoms with E-state index in [2.05, 4.69) is 25.5 Å². The molecule has 0 unspecified atom stereocenters. The topological polar surface area (TPSA) is 95.7 Å². The van der Waals surface area contributed by atoms with Crippen molar-refractivity contribution >= 4 is 10.8 Å². The Bertz CT molecular complexity index is 879. The van der Waals surface area contributed by atoms with Crippen molar-refractivity contribution in [2.45, 2.75) is 6.42 Å². The van der Waals surface area contributed by atoms with Crippen LogP contribution in [0.1, 0.15) is 6.42 Å². The number of aromatic nitrogens is 4. The molecule has 1 fully saturated rings. The molecular formula is C16H17N5O2. The second kappa shape index (κ2) is 5.85. The normalized spacial score (nSPS) is 17.7. The number of nitrogens with zero attached hydrogens (tertiary/aromatic N) is 2. The molecule has 0 bridgehead atoms. The molecule has 4 rings (SSSR count). The third-order valence-corrected chi connectivity index (χ3v) is 4.07. The standard InChI is InChI=1S/C16H17N5O2/c22-16-19-14(20-21-16)13-7-11-3-1-2-4-12(11)15(18-13)23-9-10-5-6-17-8-10/h1-4,7,10,17H,5-6,8-9H2,(H2,19,20,21,22)/t10-/m1/s1. The summed E-state index contributed by atoms with van der Waals surface area (Å²) in [6.07, 6.45) is 1.12. The van der Waals surface area contributed by atoms with Crippen LogP contribution in [0, 0.1) is 5.92 Å². The van der Waals surface area contributed by atoms with E-state index in [0.717, 1.165) is 30.3 Å². The third-order valence-electron chi connectivity index (χ3n) is 4.07. The van der Waals surface area contributed by atoms with E-state index < -0.39 is 0 Å². The van der Waals surface area contributed by atoms with E-state index in [9.17, 15) is 4.79 Å². The van der Waals surface area contributed by atoms with Gasteiger partial charge in [0.25, 0.3) is 0 Å².